The van der Waals surface area contributed by atoms with Gasteiger partial charge in [-0.2, -0.15) is 13.2 Å². The van der Waals surface area contributed by atoms with Gasteiger partial charge in [0.1, 0.15) is 53.7 Å². The predicted molar refractivity (Wildman–Crippen MR) is 463 cm³/mol. The summed E-state index contributed by atoms with van der Waals surface area (Å²) in [6.45, 7) is 12.8. The van der Waals surface area contributed by atoms with Crippen molar-refractivity contribution in [3.63, 3.8) is 0 Å². The number of benzene rings is 7. The number of nitrogens with one attached hydrogen (secondary N) is 4. The topological polar surface area (TPSA) is 278 Å². The molecule has 6 N–H and O–H groups in total. The zero-order chi connectivity index (χ0) is 84.5. The van der Waals surface area contributed by atoms with Crippen LogP contribution < -0.4 is 55.4 Å². The fraction of sp³-hybridized carbons (Fsp3) is 0.299. The van der Waals surface area contributed by atoms with E-state index in [0.29, 0.717) is 78.3 Å². The number of methoxy groups -OCH3 is 1. The predicted octanol–water partition coefficient (Wildman–Crippen LogP) is 15.8. The Morgan fingerprint density at radius 1 is 0.492 bits per heavy atom. The second-order valence-corrected chi connectivity index (χ2v) is 31.9. The summed E-state index contributed by atoms with van der Waals surface area (Å²) in [5.74, 6) is 3.43. The Kier molecular flexibility index (Phi) is 24.9. The van der Waals surface area contributed by atoms with Crippen LogP contribution in [-0.2, 0) is 59.4 Å². The summed E-state index contributed by atoms with van der Waals surface area (Å²) in [5.41, 5.74) is 23.3. The second-order valence-electron chi connectivity index (χ2n) is 31.9. The van der Waals surface area contributed by atoms with E-state index in [4.69, 9.17) is 34.2 Å². The summed E-state index contributed by atoms with van der Waals surface area (Å²) in [6.07, 6.45) is 12.2. The van der Waals surface area contributed by atoms with Gasteiger partial charge in [-0.05, 0) is 261 Å². The minimum Gasteiger partial charge on any atom is -0.496 e. The molecule has 3 saturated heterocycles. The van der Waals surface area contributed by atoms with Crippen molar-refractivity contribution in [1.29, 1.82) is 0 Å². The molecule has 6 atom stereocenters. The number of amides is 4. The number of nitrogens with zero attached hydrogens (tertiary/aromatic N) is 7. The zero-order valence-corrected chi connectivity index (χ0v) is 68.5. The molecule has 0 unspecified atom stereocenters. The number of alkyl halides is 3. The molecule has 3 fully saturated rings. The van der Waals surface area contributed by atoms with Gasteiger partial charge in [0, 0.05) is 146 Å². The third-order valence-corrected chi connectivity index (χ3v) is 23.6. The number of aromatic nitrogens is 6. The van der Waals surface area contributed by atoms with Gasteiger partial charge in [-0.15, -0.1) is 0 Å². The van der Waals surface area contributed by atoms with Crippen LogP contribution in [0.4, 0.5) is 13.2 Å². The van der Waals surface area contributed by atoms with Crippen LogP contribution in [0.5, 0.6) is 34.6 Å². The van der Waals surface area contributed by atoms with E-state index < -0.39 is 17.6 Å². The first-order valence-electron chi connectivity index (χ1n) is 41.4. The number of nitrogens with two attached hydrogens (primary N) is 1. The third kappa shape index (κ3) is 19.2. The molecule has 0 spiro atoms. The fourth-order valence-corrected chi connectivity index (χ4v) is 16.5. The number of hydrogen-bond acceptors (Lipinski definition) is 18. The van der Waals surface area contributed by atoms with E-state index in [9.17, 15) is 32.3 Å². The van der Waals surface area contributed by atoms with Gasteiger partial charge in [-0.25, -0.2) is 4.98 Å². The molecule has 12 heterocycles. The maximum Gasteiger partial charge on any atom is 0.419 e. The van der Waals surface area contributed by atoms with E-state index >= 15 is 0 Å². The van der Waals surface area contributed by atoms with E-state index in [1.165, 1.54) is 47.1 Å². The molecule has 7 aromatic carbocycles. The Morgan fingerprint density at radius 3 is 1.42 bits per heavy atom. The Morgan fingerprint density at radius 2 is 0.926 bits per heavy atom. The quantitative estimate of drug-likeness (QED) is 0.0534. The van der Waals surface area contributed by atoms with E-state index in [1.54, 1.807) is 55.1 Å². The molecule has 122 heavy (non-hydrogen) atoms. The van der Waals surface area contributed by atoms with Gasteiger partial charge >= 0.3 is 6.18 Å². The molecule has 19 rings (SSSR count). The van der Waals surface area contributed by atoms with Crippen LogP contribution in [-0.4, -0.2) is 137 Å². The molecular formula is C97H95F3N12O10. The van der Waals surface area contributed by atoms with E-state index in [0.717, 1.165) is 160 Å². The molecule has 6 aliphatic heterocycles. The van der Waals surface area contributed by atoms with Crippen LogP contribution in [0.15, 0.2) is 207 Å². The van der Waals surface area contributed by atoms with Crippen LogP contribution in [0.25, 0.3) is 88.1 Å². The van der Waals surface area contributed by atoms with Crippen molar-refractivity contribution < 1.29 is 60.8 Å². The fourth-order valence-electron chi connectivity index (χ4n) is 16.5. The van der Waals surface area contributed by atoms with E-state index in [1.807, 2.05) is 81.7 Å². The van der Waals surface area contributed by atoms with Crippen molar-refractivity contribution in [2.24, 2.45) is 23.5 Å². The summed E-state index contributed by atoms with van der Waals surface area (Å²) in [7, 11) is 3.39. The highest BCUT2D eigenvalue weighted by molar-refractivity contribution is 5.95. The summed E-state index contributed by atoms with van der Waals surface area (Å²) in [4.78, 5) is 75.7. The van der Waals surface area contributed by atoms with Gasteiger partial charge in [0.05, 0.1) is 52.6 Å². The minimum atomic E-state index is -4.51. The molecule has 0 aliphatic carbocycles. The SMILES string of the molecule is CN1CCc2ccc(-c3cc(OCc4ncccc4C(N)=O)c4cccnc4c3)cc2CC1.COc1cc(-c2cc(O[C@H](C)[C@H]3CNC(=O)C3)c3cccnc3c2)ccc1C(F)(F)F.C[C@@H](Oc1cc(-c2ccc3c(c2)CNCC3)cc2ncccc12)[C@H]1CNC(=O)C1.C[C@@H](Oc1cc(-c2cnc3c(c2)CCCO3)cc2ncccc12)[C@H]1CNC(=O)C1. The van der Waals surface area contributed by atoms with Gasteiger partial charge in [0.2, 0.25) is 23.6 Å². The summed E-state index contributed by atoms with van der Waals surface area (Å²) in [6, 6.07) is 54.3. The highest BCUT2D eigenvalue weighted by atomic mass is 19.4. The lowest BCUT2D eigenvalue weighted by Crippen LogP contribution is -2.25. The molecular weight excluding hydrogens is 1550 g/mol. The zero-order valence-electron chi connectivity index (χ0n) is 68.5. The average molecular weight is 1650 g/mol. The van der Waals surface area contributed by atoms with Crippen LogP contribution >= 0.6 is 0 Å². The van der Waals surface area contributed by atoms with Crippen molar-refractivity contribution in [3.8, 4) is 79.1 Å². The number of rotatable bonds is 18. The molecule has 4 amide bonds. The Balaban J connectivity index is 0.000000121. The third-order valence-electron chi connectivity index (χ3n) is 23.6. The summed E-state index contributed by atoms with van der Waals surface area (Å²) < 4.78 is 75.4. The van der Waals surface area contributed by atoms with Gasteiger partial charge in [0.15, 0.2) is 0 Å². The van der Waals surface area contributed by atoms with Crippen molar-refractivity contribution in [2.45, 2.75) is 110 Å². The number of carbonyl (C=O) groups is 4. The lowest BCUT2D eigenvalue weighted by molar-refractivity contribution is -0.138. The molecule has 22 nitrogen and oxygen atoms in total. The summed E-state index contributed by atoms with van der Waals surface area (Å²) >= 11 is 0. The first kappa shape index (κ1) is 82.6. The Labute approximate surface area is 704 Å². The number of hydrogen-bond donors (Lipinski definition) is 5. The molecule has 0 saturated carbocycles. The maximum absolute atomic E-state index is 13.2. The van der Waals surface area contributed by atoms with Gasteiger partial charge < -0.3 is 60.3 Å². The monoisotopic (exact) mass is 1640 g/mol. The van der Waals surface area contributed by atoms with E-state index in [-0.39, 0.29) is 66.1 Å². The molecule has 13 aromatic rings. The molecule has 25 heteroatoms. The largest absolute Gasteiger partial charge is 0.496 e. The molecule has 6 aliphatic rings. The highest BCUT2D eigenvalue weighted by Gasteiger charge is 2.36. The second kappa shape index (κ2) is 36.8. The Hall–Kier alpha value is -13.1. The standard InChI is InChI=1S/C27H26N4O2.C24H25N3O2.C23H21F3N2O3.C23H23N3O3/c1-31-12-8-18-6-7-19(14-20(18)9-13-31)21-15-24-22(4-2-10-29-24)26(16-21)33-17-25-23(27(28)32)5-3-11-30-25;1-15(19-12-24(28)27-14-19)29-23-11-18(10-22-21(23)3-2-7-26-22)17-5-4-16-6-8-25-13-20(16)9-17;1-13(16-11-22(29)28-12-16)31-20-10-15(8-19-17(20)4-3-7-27-19)14-5-6-18(23(24,25)26)21(9-14)30-2;1-14(17-11-22(27)25-12-17)29-21-10-16(9-20-19(21)5-2-6-24-20)18-8-15-4-3-7-28-23(15)26-13-18/h2-7,10-11,14-16H,8-9,12-13,17H2,1H3,(H2,28,32);2-5,7,9-11,15,19,25H,6,8,12-14H2,1H3,(H,27,28);3-10,13,16H,11-12H2,1-2H3,(H,28,29);2,5-6,8-10,13-14,17H,3-4,7,11-12H2,1H3,(H,25,27)/t;15-,19-;13-,16-;14-,17-/m.111/s1. The van der Waals surface area contributed by atoms with Gasteiger partial charge in [0.25, 0.3) is 5.91 Å². The average Bonchev–Trinajstić information content (AvgIpc) is 1.53. The van der Waals surface area contributed by atoms with Crippen LogP contribution in [0.1, 0.15) is 95.9 Å². The van der Waals surface area contributed by atoms with E-state index in [2.05, 4.69) is 136 Å². The van der Waals surface area contributed by atoms with Crippen LogP contribution in [0.3, 0.4) is 0 Å². The molecule has 6 aromatic heterocycles. The van der Waals surface area contributed by atoms with Crippen molar-refractivity contribution in [1.82, 2.24) is 56.1 Å². The number of halogens is 3. The molecule has 0 bridgehead atoms. The number of aryl methyl sites for hydroxylation is 1. The van der Waals surface area contributed by atoms with Crippen molar-refractivity contribution in [3.05, 3.63) is 252 Å². The number of ether oxygens (including phenoxy) is 6. The lowest BCUT2D eigenvalue weighted by Gasteiger charge is -2.22. The number of fused-ring (bicyclic) bond motifs is 7. The number of pyridine rings is 6. The summed E-state index contributed by atoms with van der Waals surface area (Å²) in [5, 5.41) is 15.7. The van der Waals surface area contributed by atoms with Gasteiger partial charge in [-0.3, -0.25) is 44.1 Å². The van der Waals surface area contributed by atoms with Crippen LogP contribution in [0.2, 0.25) is 0 Å². The van der Waals surface area contributed by atoms with Crippen LogP contribution in [0, 0.1) is 17.8 Å². The van der Waals surface area contributed by atoms with Crippen molar-refractivity contribution in [2.75, 3.05) is 60.0 Å². The lowest BCUT2D eigenvalue weighted by atomic mass is 9.95. The number of primary amides is 1. The smallest absolute Gasteiger partial charge is 0.419 e. The molecule has 0 radical (unpaired) electrons. The normalized spacial score (nSPS) is 17.5. The van der Waals surface area contributed by atoms with Gasteiger partial charge in [-0.1, -0.05) is 36.4 Å². The first-order chi connectivity index (χ1) is 59.2. The minimum absolute atomic E-state index is 0.00225. The number of carbonyl (C=O) groups excluding carboxylic acids is 4. The first-order valence-corrected chi connectivity index (χ1v) is 41.4. The number of likely N-dealkylation sites (N-methyl/N-ethyl adjacent to an activating group) is 1. The Bertz CT molecular complexity index is 5920. The van der Waals surface area contributed by atoms with Crippen molar-refractivity contribution >= 4 is 67.2 Å². The molecule has 624 valence electrons. The highest BCUT2D eigenvalue weighted by Crippen LogP contribution is 2.43. The maximum atomic E-state index is 13.2.